The fraction of sp³-hybridized carbons (Fsp3) is 0.429. The first kappa shape index (κ1) is 15.6. The van der Waals surface area contributed by atoms with Crippen LogP contribution in [0.4, 0.5) is 8.78 Å². The molecule has 1 amide bonds. The minimum absolute atomic E-state index is 0.0420. The van der Waals surface area contributed by atoms with E-state index in [9.17, 15) is 13.6 Å². The summed E-state index contributed by atoms with van der Waals surface area (Å²) in [6.45, 7) is -2.99. The molecule has 114 valence electrons. The monoisotopic (exact) mass is 314 g/mol. The summed E-state index contributed by atoms with van der Waals surface area (Å²) in [5, 5.41) is 2.79. The fourth-order valence-electron chi connectivity index (χ4n) is 2.55. The quantitative estimate of drug-likeness (QED) is 0.820. The zero-order chi connectivity index (χ0) is 15.5. The standard InChI is InChI=1S/C14H16F2N2O2S/c15-13(16)20-10-6-2-1-5-9(10)11(19)18-14(12(17)21)7-3-4-8-14/h1-2,5-6,13H,3-4,7-8H2,(H2,17,21)(H,18,19). The van der Waals surface area contributed by atoms with Crippen molar-refractivity contribution in [2.75, 3.05) is 0 Å². The van der Waals surface area contributed by atoms with Crippen LogP contribution in [-0.4, -0.2) is 23.0 Å². The molecule has 0 spiro atoms. The fourth-order valence-corrected chi connectivity index (χ4v) is 2.80. The molecule has 2 rings (SSSR count). The highest BCUT2D eigenvalue weighted by Gasteiger charge is 2.38. The summed E-state index contributed by atoms with van der Waals surface area (Å²) in [5.74, 6) is -0.679. The predicted molar refractivity (Wildman–Crippen MR) is 78.5 cm³/mol. The lowest BCUT2D eigenvalue weighted by Crippen LogP contribution is -2.54. The number of nitrogens with two attached hydrogens (primary N) is 1. The second-order valence-corrected chi connectivity index (χ2v) is 5.42. The molecular weight excluding hydrogens is 298 g/mol. The molecule has 0 saturated heterocycles. The zero-order valence-electron chi connectivity index (χ0n) is 11.3. The van der Waals surface area contributed by atoms with E-state index < -0.39 is 18.1 Å². The van der Waals surface area contributed by atoms with E-state index in [-0.39, 0.29) is 16.3 Å². The number of ether oxygens (including phenoxy) is 1. The van der Waals surface area contributed by atoms with Crippen LogP contribution in [0, 0.1) is 0 Å². The van der Waals surface area contributed by atoms with Crippen LogP contribution >= 0.6 is 12.2 Å². The van der Waals surface area contributed by atoms with Crippen LogP contribution in [0.25, 0.3) is 0 Å². The number of carbonyl (C=O) groups excluding carboxylic acids is 1. The van der Waals surface area contributed by atoms with Gasteiger partial charge in [0.1, 0.15) is 5.75 Å². The highest BCUT2D eigenvalue weighted by molar-refractivity contribution is 7.80. The predicted octanol–water partition coefficient (Wildman–Crippen LogP) is 2.62. The average molecular weight is 314 g/mol. The summed E-state index contributed by atoms with van der Waals surface area (Å²) in [4.78, 5) is 12.6. The van der Waals surface area contributed by atoms with Gasteiger partial charge >= 0.3 is 6.61 Å². The lowest BCUT2D eigenvalue weighted by molar-refractivity contribution is -0.0501. The number of thiocarbonyl (C=S) groups is 1. The number of benzene rings is 1. The maximum absolute atomic E-state index is 12.4. The van der Waals surface area contributed by atoms with E-state index >= 15 is 0 Å². The molecule has 4 nitrogen and oxygen atoms in total. The highest BCUT2D eigenvalue weighted by atomic mass is 32.1. The summed E-state index contributed by atoms with van der Waals surface area (Å²) in [6, 6.07) is 5.85. The van der Waals surface area contributed by atoms with Crippen LogP contribution in [0.2, 0.25) is 0 Å². The second-order valence-electron chi connectivity index (χ2n) is 4.98. The van der Waals surface area contributed by atoms with Crippen molar-refractivity contribution in [3.05, 3.63) is 29.8 Å². The van der Waals surface area contributed by atoms with Crippen LogP contribution in [-0.2, 0) is 0 Å². The Balaban J connectivity index is 2.22. The largest absolute Gasteiger partial charge is 0.434 e. The minimum atomic E-state index is -2.99. The van der Waals surface area contributed by atoms with E-state index in [1.807, 2.05) is 0 Å². The van der Waals surface area contributed by atoms with Crippen LogP contribution in [0.15, 0.2) is 24.3 Å². The molecule has 1 fully saturated rings. The average Bonchev–Trinajstić information content (AvgIpc) is 2.88. The lowest BCUT2D eigenvalue weighted by Gasteiger charge is -2.29. The Bertz CT molecular complexity index is 546. The molecule has 0 heterocycles. The number of alkyl halides is 2. The van der Waals surface area contributed by atoms with E-state index in [4.69, 9.17) is 18.0 Å². The highest BCUT2D eigenvalue weighted by Crippen LogP contribution is 2.31. The van der Waals surface area contributed by atoms with Gasteiger partial charge in [-0.3, -0.25) is 4.79 Å². The van der Waals surface area contributed by atoms with E-state index in [0.717, 1.165) is 12.8 Å². The molecule has 3 N–H and O–H groups in total. The second kappa shape index (κ2) is 6.34. The molecule has 1 aliphatic rings. The van der Waals surface area contributed by atoms with E-state index in [0.29, 0.717) is 12.8 Å². The molecule has 1 aliphatic carbocycles. The number of amides is 1. The van der Waals surface area contributed by atoms with E-state index in [2.05, 4.69) is 10.1 Å². The van der Waals surface area contributed by atoms with Crippen molar-refractivity contribution in [1.29, 1.82) is 0 Å². The van der Waals surface area contributed by atoms with Gasteiger partial charge < -0.3 is 15.8 Å². The van der Waals surface area contributed by atoms with Gasteiger partial charge in [-0.15, -0.1) is 0 Å². The number of rotatable bonds is 5. The Labute approximate surface area is 126 Å². The number of hydrogen-bond acceptors (Lipinski definition) is 3. The first-order valence-electron chi connectivity index (χ1n) is 6.61. The van der Waals surface area contributed by atoms with Gasteiger partial charge in [0.05, 0.1) is 16.1 Å². The smallest absolute Gasteiger partial charge is 0.387 e. The van der Waals surface area contributed by atoms with Crippen molar-refractivity contribution < 1.29 is 18.3 Å². The number of halogens is 2. The van der Waals surface area contributed by atoms with Gasteiger partial charge in [-0.2, -0.15) is 8.78 Å². The van der Waals surface area contributed by atoms with Crippen LogP contribution < -0.4 is 15.8 Å². The van der Waals surface area contributed by atoms with Gasteiger partial charge in [-0.1, -0.05) is 37.2 Å². The Morgan fingerprint density at radius 2 is 1.95 bits per heavy atom. The minimum Gasteiger partial charge on any atom is -0.434 e. The van der Waals surface area contributed by atoms with E-state index in [1.165, 1.54) is 18.2 Å². The van der Waals surface area contributed by atoms with Gasteiger partial charge in [0, 0.05) is 0 Å². The lowest BCUT2D eigenvalue weighted by atomic mass is 9.97. The first-order chi connectivity index (χ1) is 9.94. The third kappa shape index (κ3) is 3.47. The van der Waals surface area contributed by atoms with Crippen LogP contribution in [0.3, 0.4) is 0 Å². The summed E-state index contributed by atoms with van der Waals surface area (Å²) >= 11 is 5.05. The number of hydrogen-bond donors (Lipinski definition) is 2. The normalized spacial score (nSPS) is 16.7. The first-order valence-corrected chi connectivity index (χ1v) is 7.02. The molecule has 0 aliphatic heterocycles. The van der Waals surface area contributed by atoms with Crippen molar-refractivity contribution in [3.8, 4) is 5.75 Å². The van der Waals surface area contributed by atoms with Gasteiger partial charge in [0.2, 0.25) is 0 Å². The third-order valence-corrected chi connectivity index (χ3v) is 4.02. The Morgan fingerprint density at radius 1 is 1.33 bits per heavy atom. The molecular formula is C14H16F2N2O2S. The summed E-state index contributed by atoms with van der Waals surface area (Å²) < 4.78 is 29.1. The summed E-state index contributed by atoms with van der Waals surface area (Å²) in [7, 11) is 0. The topological polar surface area (TPSA) is 64.3 Å². The summed E-state index contributed by atoms with van der Waals surface area (Å²) in [5.41, 5.74) is 5.05. The van der Waals surface area contributed by atoms with Gasteiger partial charge in [-0.25, -0.2) is 0 Å². The molecule has 1 saturated carbocycles. The van der Waals surface area contributed by atoms with Crippen molar-refractivity contribution in [3.63, 3.8) is 0 Å². The molecule has 0 unspecified atom stereocenters. The zero-order valence-corrected chi connectivity index (χ0v) is 12.1. The summed E-state index contributed by atoms with van der Waals surface area (Å²) in [6.07, 6.45) is 3.14. The maximum Gasteiger partial charge on any atom is 0.387 e. The molecule has 1 aromatic carbocycles. The molecule has 7 heteroatoms. The third-order valence-electron chi connectivity index (χ3n) is 3.63. The number of para-hydroxylation sites is 1. The molecule has 1 aromatic rings. The van der Waals surface area contributed by atoms with Crippen molar-refractivity contribution in [1.82, 2.24) is 5.32 Å². The van der Waals surface area contributed by atoms with Crippen molar-refractivity contribution in [2.45, 2.75) is 37.8 Å². The van der Waals surface area contributed by atoms with Crippen molar-refractivity contribution >= 4 is 23.1 Å². The molecule has 21 heavy (non-hydrogen) atoms. The Hall–Kier alpha value is -1.76. The van der Waals surface area contributed by atoms with Gasteiger partial charge in [0.15, 0.2) is 0 Å². The van der Waals surface area contributed by atoms with Crippen LogP contribution in [0.1, 0.15) is 36.0 Å². The SMILES string of the molecule is NC(=S)C1(NC(=O)c2ccccc2OC(F)F)CCCC1. The van der Waals surface area contributed by atoms with Gasteiger partial charge in [0.25, 0.3) is 5.91 Å². The molecule has 0 atom stereocenters. The Kier molecular flexibility index (Phi) is 4.72. The van der Waals surface area contributed by atoms with Gasteiger partial charge in [-0.05, 0) is 25.0 Å². The maximum atomic E-state index is 12.4. The Morgan fingerprint density at radius 3 is 2.52 bits per heavy atom. The van der Waals surface area contributed by atoms with E-state index in [1.54, 1.807) is 6.07 Å². The van der Waals surface area contributed by atoms with Crippen LogP contribution in [0.5, 0.6) is 5.75 Å². The molecule has 0 bridgehead atoms. The number of nitrogens with one attached hydrogen (secondary N) is 1. The molecule has 0 radical (unpaired) electrons. The molecule has 0 aromatic heterocycles. The van der Waals surface area contributed by atoms with Crippen molar-refractivity contribution in [2.24, 2.45) is 5.73 Å². The number of carbonyl (C=O) groups is 1.